The van der Waals surface area contributed by atoms with Gasteiger partial charge in [-0.1, -0.05) is 20.8 Å². The first kappa shape index (κ1) is 13.9. The molecule has 17 heavy (non-hydrogen) atoms. The number of anilines is 1. The molecule has 96 valence electrons. The zero-order chi connectivity index (χ0) is 12.9. The number of nitrogens with zero attached hydrogens (tertiary/aromatic N) is 3. The summed E-state index contributed by atoms with van der Waals surface area (Å²) in [6, 6.07) is 0. The van der Waals surface area contributed by atoms with Crippen LogP contribution in [0.1, 0.15) is 33.4 Å². The molecule has 0 aliphatic heterocycles. The fourth-order valence-electron chi connectivity index (χ4n) is 1.85. The highest BCUT2D eigenvalue weighted by Gasteiger charge is 2.13. The summed E-state index contributed by atoms with van der Waals surface area (Å²) in [7, 11) is 2.12. The predicted molar refractivity (Wildman–Crippen MR) is 72.0 cm³/mol. The van der Waals surface area contributed by atoms with Crippen molar-refractivity contribution in [3.05, 3.63) is 18.1 Å². The molecule has 0 bridgehead atoms. The highest BCUT2D eigenvalue weighted by atomic mass is 15.1. The maximum Gasteiger partial charge on any atom is 0.144 e. The monoisotopic (exact) mass is 236 g/mol. The lowest BCUT2D eigenvalue weighted by Gasteiger charge is -2.26. The van der Waals surface area contributed by atoms with Gasteiger partial charge in [-0.15, -0.1) is 0 Å². The third kappa shape index (κ3) is 5.63. The van der Waals surface area contributed by atoms with Gasteiger partial charge in [0.1, 0.15) is 5.82 Å². The third-order valence-corrected chi connectivity index (χ3v) is 2.24. The highest BCUT2D eigenvalue weighted by molar-refractivity contribution is 5.30. The minimum absolute atomic E-state index is 0.311. The number of hydrogen-bond acceptors (Lipinski definition) is 4. The van der Waals surface area contributed by atoms with E-state index < -0.39 is 0 Å². The highest BCUT2D eigenvalue weighted by Crippen LogP contribution is 2.15. The Hall–Kier alpha value is -1.16. The largest absolute Gasteiger partial charge is 0.369 e. The van der Waals surface area contributed by atoms with Crippen LogP contribution in [0, 0.1) is 5.41 Å². The van der Waals surface area contributed by atoms with Crippen LogP contribution in [-0.4, -0.2) is 35.0 Å². The van der Waals surface area contributed by atoms with Gasteiger partial charge in [-0.05, 0) is 19.4 Å². The smallest absolute Gasteiger partial charge is 0.144 e. The van der Waals surface area contributed by atoms with Crippen LogP contribution in [0.5, 0.6) is 0 Å². The van der Waals surface area contributed by atoms with Crippen molar-refractivity contribution in [1.82, 2.24) is 14.9 Å². The first-order valence-electron chi connectivity index (χ1n) is 6.14. The summed E-state index contributed by atoms with van der Waals surface area (Å²) in [4.78, 5) is 11.0. The van der Waals surface area contributed by atoms with E-state index in [-0.39, 0.29) is 0 Å². The second-order valence-electron chi connectivity index (χ2n) is 5.66. The quantitative estimate of drug-likeness (QED) is 0.852. The van der Waals surface area contributed by atoms with Crippen molar-refractivity contribution in [2.45, 2.75) is 34.2 Å². The van der Waals surface area contributed by atoms with Crippen molar-refractivity contribution in [3.8, 4) is 0 Å². The summed E-state index contributed by atoms with van der Waals surface area (Å²) in [5, 5.41) is 3.14. The zero-order valence-corrected chi connectivity index (χ0v) is 11.6. The molecule has 0 radical (unpaired) electrons. The van der Waals surface area contributed by atoms with Crippen molar-refractivity contribution in [1.29, 1.82) is 0 Å². The molecule has 0 amide bonds. The Labute approximate surface area is 104 Å². The molecule has 0 fully saturated rings. The molecule has 0 atom stereocenters. The maximum atomic E-state index is 4.40. The Bertz CT molecular complexity index is 326. The van der Waals surface area contributed by atoms with E-state index in [1.54, 1.807) is 6.20 Å². The van der Waals surface area contributed by atoms with Crippen molar-refractivity contribution >= 4 is 5.82 Å². The van der Waals surface area contributed by atoms with E-state index in [9.17, 15) is 0 Å². The van der Waals surface area contributed by atoms with Crippen LogP contribution in [0.3, 0.4) is 0 Å². The van der Waals surface area contributed by atoms with Gasteiger partial charge in [-0.25, -0.2) is 4.98 Å². The second-order valence-corrected chi connectivity index (χ2v) is 5.66. The molecular formula is C13H24N4. The Morgan fingerprint density at radius 1 is 1.24 bits per heavy atom. The van der Waals surface area contributed by atoms with Crippen LogP contribution in [0.15, 0.2) is 12.4 Å². The SMILES string of the molecule is CCNc1cnc(CN(C)CC(C)(C)C)cn1. The van der Waals surface area contributed by atoms with Gasteiger partial charge >= 0.3 is 0 Å². The lowest BCUT2D eigenvalue weighted by Crippen LogP contribution is -2.29. The van der Waals surface area contributed by atoms with Crippen molar-refractivity contribution in [2.24, 2.45) is 5.41 Å². The standard InChI is InChI=1S/C13H24N4/c1-6-14-12-8-15-11(7-16-12)9-17(5)10-13(2,3)4/h7-8H,6,9-10H2,1-5H3,(H,14,16). The molecular weight excluding hydrogens is 212 g/mol. The van der Waals surface area contributed by atoms with E-state index in [2.05, 4.69) is 48.0 Å². The lowest BCUT2D eigenvalue weighted by molar-refractivity contribution is 0.219. The first-order valence-corrected chi connectivity index (χ1v) is 6.14. The van der Waals surface area contributed by atoms with E-state index in [1.165, 1.54) is 0 Å². The van der Waals surface area contributed by atoms with Gasteiger partial charge in [0.05, 0.1) is 18.1 Å². The van der Waals surface area contributed by atoms with Crippen LogP contribution in [0.4, 0.5) is 5.82 Å². The minimum atomic E-state index is 0.311. The Balaban J connectivity index is 2.51. The van der Waals surface area contributed by atoms with Crippen LogP contribution in [0.25, 0.3) is 0 Å². The molecule has 4 heteroatoms. The summed E-state index contributed by atoms with van der Waals surface area (Å²) < 4.78 is 0. The summed E-state index contributed by atoms with van der Waals surface area (Å²) in [5.74, 6) is 0.842. The Kier molecular flexibility index (Phi) is 4.87. The van der Waals surface area contributed by atoms with Gasteiger partial charge in [0.15, 0.2) is 0 Å². The molecule has 0 saturated heterocycles. The molecule has 4 nitrogen and oxygen atoms in total. The molecule has 1 rings (SSSR count). The summed E-state index contributed by atoms with van der Waals surface area (Å²) in [6.45, 7) is 11.5. The molecule has 0 saturated carbocycles. The Morgan fingerprint density at radius 2 is 1.94 bits per heavy atom. The molecule has 1 aromatic heterocycles. The molecule has 0 unspecified atom stereocenters. The number of rotatable bonds is 5. The van der Waals surface area contributed by atoms with E-state index in [4.69, 9.17) is 0 Å². The lowest BCUT2D eigenvalue weighted by atomic mass is 9.96. The van der Waals surface area contributed by atoms with Gasteiger partial charge in [0.2, 0.25) is 0 Å². The second kappa shape index (κ2) is 5.96. The number of nitrogens with one attached hydrogen (secondary N) is 1. The number of aromatic nitrogens is 2. The number of hydrogen-bond donors (Lipinski definition) is 1. The molecule has 0 aliphatic rings. The van der Waals surface area contributed by atoms with E-state index in [0.29, 0.717) is 5.41 Å². The van der Waals surface area contributed by atoms with Crippen molar-refractivity contribution in [2.75, 3.05) is 25.5 Å². The fourth-order valence-corrected chi connectivity index (χ4v) is 1.85. The van der Waals surface area contributed by atoms with Crippen LogP contribution >= 0.6 is 0 Å². The normalized spacial score (nSPS) is 11.9. The van der Waals surface area contributed by atoms with Gasteiger partial charge < -0.3 is 5.32 Å². The first-order chi connectivity index (χ1) is 7.90. The van der Waals surface area contributed by atoms with Crippen LogP contribution < -0.4 is 5.32 Å². The van der Waals surface area contributed by atoms with E-state index in [1.807, 2.05) is 13.1 Å². The molecule has 0 aromatic carbocycles. The summed E-state index contributed by atoms with van der Waals surface area (Å²) >= 11 is 0. The molecule has 0 spiro atoms. The fraction of sp³-hybridized carbons (Fsp3) is 0.692. The average Bonchev–Trinajstić information content (AvgIpc) is 2.18. The van der Waals surface area contributed by atoms with Crippen molar-refractivity contribution in [3.63, 3.8) is 0 Å². The van der Waals surface area contributed by atoms with Gasteiger partial charge in [0, 0.05) is 19.6 Å². The molecule has 1 N–H and O–H groups in total. The van der Waals surface area contributed by atoms with Gasteiger partial charge in [-0.2, -0.15) is 0 Å². The predicted octanol–water partition coefficient (Wildman–Crippen LogP) is 2.39. The van der Waals surface area contributed by atoms with Gasteiger partial charge in [-0.3, -0.25) is 9.88 Å². The molecule has 0 aliphatic carbocycles. The van der Waals surface area contributed by atoms with Crippen LogP contribution in [-0.2, 0) is 6.54 Å². The Morgan fingerprint density at radius 3 is 2.41 bits per heavy atom. The maximum absolute atomic E-state index is 4.40. The van der Waals surface area contributed by atoms with E-state index in [0.717, 1.165) is 31.1 Å². The topological polar surface area (TPSA) is 41.1 Å². The average molecular weight is 236 g/mol. The summed E-state index contributed by atoms with van der Waals surface area (Å²) in [6.07, 6.45) is 3.64. The third-order valence-electron chi connectivity index (χ3n) is 2.24. The summed E-state index contributed by atoms with van der Waals surface area (Å²) in [5.41, 5.74) is 1.32. The van der Waals surface area contributed by atoms with Crippen molar-refractivity contribution < 1.29 is 0 Å². The molecule has 1 heterocycles. The molecule has 1 aromatic rings. The minimum Gasteiger partial charge on any atom is -0.369 e. The zero-order valence-electron chi connectivity index (χ0n) is 11.6. The van der Waals surface area contributed by atoms with E-state index >= 15 is 0 Å². The van der Waals surface area contributed by atoms with Crippen LogP contribution in [0.2, 0.25) is 0 Å². The van der Waals surface area contributed by atoms with Gasteiger partial charge in [0.25, 0.3) is 0 Å².